The molecular formula is C13H15Cl2NO2. The highest BCUT2D eigenvalue weighted by molar-refractivity contribution is 6.42. The molecule has 18 heavy (non-hydrogen) atoms. The van der Waals surface area contributed by atoms with Crippen molar-refractivity contribution in [3.05, 3.63) is 39.9 Å². The van der Waals surface area contributed by atoms with Crippen molar-refractivity contribution in [2.75, 3.05) is 6.54 Å². The predicted molar refractivity (Wildman–Crippen MR) is 74.8 cm³/mol. The van der Waals surface area contributed by atoms with Gasteiger partial charge in [-0.15, -0.1) is 0 Å². The van der Waals surface area contributed by atoms with Gasteiger partial charge in [0.05, 0.1) is 16.1 Å². The van der Waals surface area contributed by atoms with E-state index in [-0.39, 0.29) is 5.91 Å². The number of rotatable bonds is 5. The number of hydrogen-bond acceptors (Lipinski definition) is 2. The Hall–Kier alpha value is -1.03. The Labute approximate surface area is 116 Å². The van der Waals surface area contributed by atoms with E-state index in [1.165, 1.54) is 6.08 Å². The molecule has 5 heteroatoms. The Morgan fingerprint density at radius 3 is 2.78 bits per heavy atom. The fourth-order valence-corrected chi connectivity index (χ4v) is 1.56. The molecule has 0 radical (unpaired) electrons. The zero-order valence-electron chi connectivity index (χ0n) is 9.99. The van der Waals surface area contributed by atoms with E-state index >= 15 is 0 Å². The van der Waals surface area contributed by atoms with E-state index in [0.29, 0.717) is 23.0 Å². The van der Waals surface area contributed by atoms with Gasteiger partial charge in [0.2, 0.25) is 5.91 Å². The molecule has 0 saturated carbocycles. The van der Waals surface area contributed by atoms with Crippen molar-refractivity contribution >= 4 is 35.2 Å². The quantitative estimate of drug-likeness (QED) is 0.818. The van der Waals surface area contributed by atoms with Crippen molar-refractivity contribution < 1.29 is 9.90 Å². The fourth-order valence-electron chi connectivity index (χ4n) is 1.25. The van der Waals surface area contributed by atoms with E-state index in [1.54, 1.807) is 31.2 Å². The minimum absolute atomic E-state index is 0.207. The minimum atomic E-state index is -0.413. The van der Waals surface area contributed by atoms with E-state index in [4.69, 9.17) is 28.3 Å². The lowest BCUT2D eigenvalue weighted by molar-refractivity contribution is -0.116. The van der Waals surface area contributed by atoms with E-state index in [2.05, 4.69) is 5.32 Å². The van der Waals surface area contributed by atoms with Crippen LogP contribution in [-0.2, 0) is 4.79 Å². The number of benzene rings is 1. The van der Waals surface area contributed by atoms with E-state index in [0.717, 1.165) is 5.56 Å². The molecule has 1 atom stereocenters. The van der Waals surface area contributed by atoms with Crippen molar-refractivity contribution in [1.29, 1.82) is 0 Å². The molecule has 1 rings (SSSR count). The summed E-state index contributed by atoms with van der Waals surface area (Å²) in [7, 11) is 0. The number of nitrogens with one attached hydrogen (secondary N) is 1. The summed E-state index contributed by atoms with van der Waals surface area (Å²) < 4.78 is 0. The summed E-state index contributed by atoms with van der Waals surface area (Å²) in [6.45, 7) is 2.12. The van der Waals surface area contributed by atoms with Crippen LogP contribution in [0.3, 0.4) is 0 Å². The van der Waals surface area contributed by atoms with Crippen molar-refractivity contribution in [2.45, 2.75) is 19.4 Å². The topological polar surface area (TPSA) is 49.3 Å². The lowest BCUT2D eigenvalue weighted by Gasteiger charge is -2.04. The van der Waals surface area contributed by atoms with Crippen molar-refractivity contribution in [3.8, 4) is 0 Å². The Bertz CT molecular complexity index is 445. The molecule has 0 bridgehead atoms. The summed E-state index contributed by atoms with van der Waals surface area (Å²) in [6, 6.07) is 5.13. The number of carbonyl (C=O) groups is 1. The molecule has 1 aromatic rings. The Kier molecular flexibility index (Phi) is 6.19. The number of amides is 1. The monoisotopic (exact) mass is 287 g/mol. The maximum Gasteiger partial charge on any atom is 0.244 e. The zero-order chi connectivity index (χ0) is 13.5. The highest BCUT2D eigenvalue weighted by Crippen LogP contribution is 2.22. The summed E-state index contributed by atoms with van der Waals surface area (Å²) in [5.74, 6) is -0.207. The maximum atomic E-state index is 11.4. The van der Waals surface area contributed by atoms with Crippen molar-refractivity contribution in [3.63, 3.8) is 0 Å². The molecule has 0 heterocycles. The highest BCUT2D eigenvalue weighted by Gasteiger charge is 1.99. The third-order valence-electron chi connectivity index (χ3n) is 2.23. The molecular weight excluding hydrogens is 273 g/mol. The number of aliphatic hydroxyl groups is 1. The lowest BCUT2D eigenvalue weighted by atomic mass is 10.2. The zero-order valence-corrected chi connectivity index (χ0v) is 11.5. The van der Waals surface area contributed by atoms with Crippen LogP contribution in [-0.4, -0.2) is 23.7 Å². The molecule has 3 nitrogen and oxygen atoms in total. The van der Waals surface area contributed by atoms with Gasteiger partial charge < -0.3 is 10.4 Å². The van der Waals surface area contributed by atoms with Crippen LogP contribution in [0, 0.1) is 0 Å². The van der Waals surface area contributed by atoms with E-state index < -0.39 is 6.10 Å². The second kappa shape index (κ2) is 7.41. The van der Waals surface area contributed by atoms with Crippen LogP contribution < -0.4 is 5.32 Å². The Morgan fingerprint density at radius 1 is 1.44 bits per heavy atom. The van der Waals surface area contributed by atoms with Gasteiger partial charge in [0, 0.05) is 12.6 Å². The third kappa shape index (κ3) is 5.54. The molecule has 1 aromatic carbocycles. The van der Waals surface area contributed by atoms with Crippen molar-refractivity contribution in [2.24, 2.45) is 0 Å². The standard InChI is InChI=1S/C13H15Cl2NO2/c1-9(17)6-7-16-13(18)5-3-10-2-4-11(14)12(15)8-10/h2-5,8-9,17H,6-7H2,1H3,(H,16,18). The molecule has 2 N–H and O–H groups in total. The summed E-state index contributed by atoms with van der Waals surface area (Å²) in [5.41, 5.74) is 0.801. The number of hydrogen-bond donors (Lipinski definition) is 2. The number of aliphatic hydroxyl groups excluding tert-OH is 1. The first-order valence-electron chi connectivity index (χ1n) is 5.58. The Balaban J connectivity index is 2.48. The second-order valence-electron chi connectivity index (χ2n) is 3.94. The highest BCUT2D eigenvalue weighted by atomic mass is 35.5. The second-order valence-corrected chi connectivity index (χ2v) is 4.75. The van der Waals surface area contributed by atoms with E-state index in [1.807, 2.05) is 0 Å². The first kappa shape index (κ1) is 15.0. The minimum Gasteiger partial charge on any atom is -0.393 e. The van der Waals surface area contributed by atoms with Gasteiger partial charge in [0.1, 0.15) is 0 Å². The molecule has 0 saturated heterocycles. The molecule has 0 aromatic heterocycles. The molecule has 98 valence electrons. The van der Waals surface area contributed by atoms with Crippen LogP contribution >= 0.6 is 23.2 Å². The fraction of sp³-hybridized carbons (Fsp3) is 0.308. The van der Waals surface area contributed by atoms with Gasteiger partial charge >= 0.3 is 0 Å². The normalized spacial score (nSPS) is 12.7. The first-order valence-corrected chi connectivity index (χ1v) is 6.33. The summed E-state index contributed by atoms with van der Waals surface area (Å²) in [4.78, 5) is 11.4. The largest absolute Gasteiger partial charge is 0.393 e. The van der Waals surface area contributed by atoms with Crippen LogP contribution in [0.2, 0.25) is 10.0 Å². The van der Waals surface area contributed by atoms with Crippen LogP contribution in [0.25, 0.3) is 6.08 Å². The van der Waals surface area contributed by atoms with Crippen LogP contribution in [0.4, 0.5) is 0 Å². The lowest BCUT2D eigenvalue weighted by Crippen LogP contribution is -2.24. The number of halogens is 2. The van der Waals surface area contributed by atoms with Gasteiger partial charge in [-0.05, 0) is 37.1 Å². The molecule has 0 aliphatic heterocycles. The Morgan fingerprint density at radius 2 is 2.17 bits per heavy atom. The van der Waals surface area contributed by atoms with Crippen LogP contribution in [0.15, 0.2) is 24.3 Å². The van der Waals surface area contributed by atoms with Gasteiger partial charge in [0.25, 0.3) is 0 Å². The average molecular weight is 288 g/mol. The number of carbonyl (C=O) groups excluding carboxylic acids is 1. The van der Waals surface area contributed by atoms with E-state index in [9.17, 15) is 4.79 Å². The maximum absolute atomic E-state index is 11.4. The SMILES string of the molecule is CC(O)CCNC(=O)C=Cc1ccc(Cl)c(Cl)c1. The molecule has 0 aliphatic carbocycles. The van der Waals surface area contributed by atoms with Gasteiger partial charge in [0.15, 0.2) is 0 Å². The average Bonchev–Trinajstić information content (AvgIpc) is 2.30. The van der Waals surface area contributed by atoms with Gasteiger partial charge in [-0.3, -0.25) is 4.79 Å². The summed E-state index contributed by atoms with van der Waals surface area (Å²) in [6.07, 6.45) is 3.19. The smallest absolute Gasteiger partial charge is 0.244 e. The molecule has 0 aliphatic rings. The van der Waals surface area contributed by atoms with Crippen LogP contribution in [0.5, 0.6) is 0 Å². The third-order valence-corrected chi connectivity index (χ3v) is 2.97. The molecule has 0 spiro atoms. The van der Waals surface area contributed by atoms with Gasteiger partial charge in [-0.2, -0.15) is 0 Å². The predicted octanol–water partition coefficient (Wildman–Crippen LogP) is 2.89. The molecule has 0 fully saturated rings. The van der Waals surface area contributed by atoms with Crippen molar-refractivity contribution in [1.82, 2.24) is 5.32 Å². The van der Waals surface area contributed by atoms with Crippen LogP contribution in [0.1, 0.15) is 18.9 Å². The van der Waals surface area contributed by atoms with Gasteiger partial charge in [-0.25, -0.2) is 0 Å². The molecule has 1 amide bonds. The molecule has 1 unspecified atom stereocenters. The first-order chi connectivity index (χ1) is 8.49. The van der Waals surface area contributed by atoms with Gasteiger partial charge in [-0.1, -0.05) is 29.3 Å². The summed E-state index contributed by atoms with van der Waals surface area (Å²) in [5, 5.41) is 12.6. The summed E-state index contributed by atoms with van der Waals surface area (Å²) >= 11 is 11.6.